The Labute approximate surface area is 100 Å². The van der Waals surface area contributed by atoms with Gasteiger partial charge in [0.15, 0.2) is 11.6 Å². The topological polar surface area (TPSA) is 42.4 Å². The molecule has 0 aliphatic rings. The van der Waals surface area contributed by atoms with E-state index in [9.17, 15) is 8.78 Å². The minimum absolute atomic E-state index is 0.0549. The third-order valence-electron chi connectivity index (χ3n) is 2.20. The summed E-state index contributed by atoms with van der Waals surface area (Å²) in [6.07, 6.45) is 0. The van der Waals surface area contributed by atoms with Gasteiger partial charge < -0.3 is 9.84 Å². The van der Waals surface area contributed by atoms with Gasteiger partial charge in [0.2, 0.25) is 0 Å². The molecule has 0 saturated heterocycles. The summed E-state index contributed by atoms with van der Waals surface area (Å²) in [5.41, 5.74) is 0.359. The van der Waals surface area contributed by atoms with E-state index in [0.717, 1.165) is 12.1 Å². The molecule has 0 atom stereocenters. The van der Waals surface area contributed by atoms with E-state index < -0.39 is 11.6 Å². The van der Waals surface area contributed by atoms with Gasteiger partial charge in [0.1, 0.15) is 10.8 Å². The number of rotatable bonds is 3. The van der Waals surface area contributed by atoms with Gasteiger partial charge in [0.25, 0.3) is 0 Å². The van der Waals surface area contributed by atoms with Gasteiger partial charge in [-0.25, -0.2) is 13.8 Å². The number of aliphatic hydroxyl groups excluding tert-OH is 1. The number of thiazole rings is 1. The zero-order chi connectivity index (χ0) is 12.4. The van der Waals surface area contributed by atoms with Crippen LogP contribution in [0.4, 0.5) is 8.78 Å². The average Bonchev–Trinajstić information content (AvgIpc) is 2.80. The Morgan fingerprint density at radius 1 is 1.35 bits per heavy atom. The molecular formula is C11H9F2NO2S. The van der Waals surface area contributed by atoms with Gasteiger partial charge in [-0.2, -0.15) is 0 Å². The molecule has 0 bridgehead atoms. The second-order valence-electron chi connectivity index (χ2n) is 3.25. The second kappa shape index (κ2) is 4.77. The summed E-state index contributed by atoms with van der Waals surface area (Å²) in [5, 5.41) is 10.9. The first kappa shape index (κ1) is 11.9. The first-order chi connectivity index (χ1) is 8.15. The van der Waals surface area contributed by atoms with Crippen molar-refractivity contribution in [2.24, 2.45) is 0 Å². The average molecular weight is 257 g/mol. The molecule has 2 rings (SSSR count). The molecule has 1 aromatic heterocycles. The van der Waals surface area contributed by atoms with Crippen molar-refractivity contribution in [1.29, 1.82) is 0 Å². The predicted octanol–water partition coefficient (Wildman–Crippen LogP) is 2.59. The van der Waals surface area contributed by atoms with Crippen LogP contribution in [0.3, 0.4) is 0 Å². The quantitative estimate of drug-likeness (QED) is 0.919. The zero-order valence-corrected chi connectivity index (χ0v) is 9.72. The monoisotopic (exact) mass is 257 g/mol. The minimum atomic E-state index is -0.651. The molecule has 0 spiro atoms. The summed E-state index contributed by atoms with van der Waals surface area (Å²) in [4.78, 5) is 3.98. The highest BCUT2D eigenvalue weighted by atomic mass is 32.1. The van der Waals surface area contributed by atoms with Crippen LogP contribution in [0.2, 0.25) is 0 Å². The fraction of sp³-hybridized carbons (Fsp3) is 0.182. The fourth-order valence-electron chi connectivity index (χ4n) is 1.39. The van der Waals surface area contributed by atoms with Crippen molar-refractivity contribution in [1.82, 2.24) is 4.98 Å². The third kappa shape index (κ3) is 2.27. The summed E-state index contributed by atoms with van der Waals surface area (Å²) in [7, 11) is 1.27. The molecule has 0 amide bonds. The Hall–Kier alpha value is -1.53. The Bertz CT molecular complexity index is 542. The molecular weight excluding hydrogens is 248 g/mol. The van der Waals surface area contributed by atoms with E-state index in [1.54, 1.807) is 5.38 Å². The molecule has 2 aromatic rings. The van der Waals surface area contributed by atoms with E-state index in [1.165, 1.54) is 18.4 Å². The van der Waals surface area contributed by atoms with Gasteiger partial charge in [0, 0.05) is 17.0 Å². The van der Waals surface area contributed by atoms with Crippen molar-refractivity contribution in [2.45, 2.75) is 6.61 Å². The lowest BCUT2D eigenvalue weighted by atomic mass is 10.1. The molecule has 3 nitrogen and oxygen atoms in total. The molecule has 1 N–H and O–H groups in total. The van der Waals surface area contributed by atoms with Gasteiger partial charge in [-0.3, -0.25) is 0 Å². The third-order valence-corrected chi connectivity index (χ3v) is 3.04. The number of ether oxygens (including phenoxy) is 1. The largest absolute Gasteiger partial charge is 0.494 e. The van der Waals surface area contributed by atoms with Crippen LogP contribution >= 0.6 is 11.3 Å². The van der Waals surface area contributed by atoms with Crippen LogP contribution in [0, 0.1) is 11.6 Å². The molecule has 90 valence electrons. The number of aromatic nitrogens is 1. The lowest BCUT2D eigenvalue weighted by Gasteiger charge is -2.05. The maximum Gasteiger partial charge on any atom is 0.165 e. The zero-order valence-electron chi connectivity index (χ0n) is 8.91. The molecule has 0 saturated carbocycles. The summed E-state index contributed by atoms with van der Waals surface area (Å²) in [6, 6.07) is 2.01. The minimum Gasteiger partial charge on any atom is -0.494 e. The molecule has 0 aliphatic heterocycles. The van der Waals surface area contributed by atoms with Crippen LogP contribution in [0.5, 0.6) is 5.75 Å². The van der Waals surface area contributed by atoms with E-state index in [0.29, 0.717) is 10.7 Å². The SMILES string of the molecule is COc1cc(F)c(-c2csc(CO)n2)cc1F. The maximum absolute atomic E-state index is 13.7. The van der Waals surface area contributed by atoms with Crippen LogP contribution < -0.4 is 4.74 Å². The van der Waals surface area contributed by atoms with Gasteiger partial charge >= 0.3 is 0 Å². The highest BCUT2D eigenvalue weighted by molar-refractivity contribution is 7.09. The van der Waals surface area contributed by atoms with Crippen molar-refractivity contribution >= 4 is 11.3 Å². The van der Waals surface area contributed by atoms with Crippen molar-refractivity contribution < 1.29 is 18.6 Å². The Kier molecular flexibility index (Phi) is 3.35. The molecule has 17 heavy (non-hydrogen) atoms. The number of hydrogen-bond acceptors (Lipinski definition) is 4. The lowest BCUT2D eigenvalue weighted by molar-refractivity contribution is 0.281. The Balaban J connectivity index is 2.48. The number of nitrogens with zero attached hydrogens (tertiary/aromatic N) is 1. The van der Waals surface area contributed by atoms with E-state index in [4.69, 9.17) is 5.11 Å². The van der Waals surface area contributed by atoms with Crippen LogP contribution in [0.1, 0.15) is 5.01 Å². The maximum atomic E-state index is 13.7. The molecule has 0 radical (unpaired) electrons. The normalized spacial score (nSPS) is 10.6. The number of methoxy groups -OCH3 is 1. The summed E-state index contributed by atoms with van der Waals surface area (Å²) >= 11 is 1.19. The number of halogens is 2. The molecule has 1 aromatic carbocycles. The molecule has 1 heterocycles. The van der Waals surface area contributed by atoms with Crippen LogP contribution in [-0.2, 0) is 6.61 Å². The van der Waals surface area contributed by atoms with Crippen LogP contribution in [-0.4, -0.2) is 17.2 Å². The van der Waals surface area contributed by atoms with Gasteiger partial charge in [-0.05, 0) is 6.07 Å². The summed E-state index contributed by atoms with van der Waals surface area (Å²) in [5.74, 6) is -1.41. The smallest absolute Gasteiger partial charge is 0.165 e. The van der Waals surface area contributed by atoms with Gasteiger partial charge in [-0.15, -0.1) is 11.3 Å². The Morgan fingerprint density at radius 3 is 2.71 bits per heavy atom. The molecule has 0 aliphatic carbocycles. The van der Waals surface area contributed by atoms with Crippen LogP contribution in [0.15, 0.2) is 17.5 Å². The number of benzene rings is 1. The second-order valence-corrected chi connectivity index (χ2v) is 4.19. The van der Waals surface area contributed by atoms with Gasteiger partial charge in [-0.1, -0.05) is 0 Å². The fourth-order valence-corrected chi connectivity index (χ4v) is 2.04. The summed E-state index contributed by atoms with van der Waals surface area (Å²) < 4.78 is 31.8. The van der Waals surface area contributed by atoms with Gasteiger partial charge in [0.05, 0.1) is 19.4 Å². The number of hydrogen-bond donors (Lipinski definition) is 1. The lowest BCUT2D eigenvalue weighted by Crippen LogP contribution is -1.93. The van der Waals surface area contributed by atoms with E-state index in [2.05, 4.69) is 9.72 Å². The van der Waals surface area contributed by atoms with Crippen LogP contribution in [0.25, 0.3) is 11.3 Å². The predicted molar refractivity (Wildman–Crippen MR) is 59.9 cm³/mol. The molecule has 6 heteroatoms. The van der Waals surface area contributed by atoms with Crippen molar-refractivity contribution in [3.05, 3.63) is 34.2 Å². The summed E-state index contributed by atoms with van der Waals surface area (Å²) in [6.45, 7) is -0.217. The van der Waals surface area contributed by atoms with Crippen molar-refractivity contribution in [3.8, 4) is 17.0 Å². The van der Waals surface area contributed by atoms with E-state index in [-0.39, 0.29) is 17.9 Å². The Morgan fingerprint density at radius 2 is 2.12 bits per heavy atom. The first-order valence-corrected chi connectivity index (χ1v) is 5.62. The standard InChI is InChI=1S/C11H9F2NO2S/c1-16-10-3-7(12)6(2-8(10)13)9-5-17-11(4-15)14-9/h2-3,5,15H,4H2,1H3. The highest BCUT2D eigenvalue weighted by Crippen LogP contribution is 2.29. The highest BCUT2D eigenvalue weighted by Gasteiger charge is 2.14. The van der Waals surface area contributed by atoms with E-state index in [1.807, 2.05) is 0 Å². The number of aliphatic hydroxyl groups is 1. The van der Waals surface area contributed by atoms with Crippen molar-refractivity contribution in [2.75, 3.05) is 7.11 Å². The molecule has 0 unspecified atom stereocenters. The van der Waals surface area contributed by atoms with Crippen molar-refractivity contribution in [3.63, 3.8) is 0 Å². The molecule has 0 fully saturated rings. The first-order valence-electron chi connectivity index (χ1n) is 4.74. The van der Waals surface area contributed by atoms with E-state index >= 15 is 0 Å².